The predicted octanol–water partition coefficient (Wildman–Crippen LogP) is 3.46. The molecule has 0 spiro atoms. The minimum Gasteiger partial charge on any atom is -0.384 e. The van der Waals surface area contributed by atoms with E-state index in [1.54, 1.807) is 0 Å². The molecule has 1 aromatic rings. The van der Waals surface area contributed by atoms with Gasteiger partial charge in [0, 0.05) is 18.2 Å². The van der Waals surface area contributed by atoms with E-state index in [-0.39, 0.29) is 0 Å². The van der Waals surface area contributed by atoms with Gasteiger partial charge in [-0.25, -0.2) is 0 Å². The molecule has 4 heteroatoms. The Bertz CT molecular complexity index is 371. The number of rotatable bonds is 1. The monoisotopic (exact) mass is 215 g/mol. The number of anilines is 1. The van der Waals surface area contributed by atoms with E-state index in [4.69, 9.17) is 0 Å². The summed E-state index contributed by atoms with van der Waals surface area (Å²) in [6.45, 7) is 2.24. The van der Waals surface area contributed by atoms with E-state index in [1.807, 2.05) is 25.1 Å². The highest BCUT2D eigenvalue weighted by molar-refractivity contribution is 5.60. The Morgan fingerprint density at radius 2 is 2.13 bits per heavy atom. The number of benzene rings is 1. The molecule has 1 nitrogen and oxygen atoms in total. The van der Waals surface area contributed by atoms with E-state index < -0.39 is 18.5 Å². The molecule has 0 aliphatic carbocycles. The Morgan fingerprint density at radius 3 is 2.80 bits per heavy atom. The van der Waals surface area contributed by atoms with Gasteiger partial charge in [-0.2, -0.15) is 13.2 Å². The van der Waals surface area contributed by atoms with Crippen molar-refractivity contribution in [3.8, 4) is 0 Å². The molecular weight excluding hydrogens is 203 g/mol. The number of aryl methyl sites for hydroxylation is 1. The third kappa shape index (κ3) is 2.08. The van der Waals surface area contributed by atoms with Crippen LogP contribution in [0.25, 0.3) is 0 Å². The van der Waals surface area contributed by atoms with Crippen molar-refractivity contribution >= 4 is 5.69 Å². The summed E-state index contributed by atoms with van der Waals surface area (Å²) >= 11 is 0. The van der Waals surface area contributed by atoms with Crippen LogP contribution in [0.3, 0.4) is 0 Å². The van der Waals surface area contributed by atoms with Crippen molar-refractivity contribution in [2.75, 3.05) is 11.9 Å². The molecular formula is C11H12F3N. The maximum Gasteiger partial charge on any atom is 0.389 e. The van der Waals surface area contributed by atoms with Gasteiger partial charge in [0.25, 0.3) is 0 Å². The molecule has 0 saturated heterocycles. The van der Waals surface area contributed by atoms with Crippen molar-refractivity contribution in [1.82, 2.24) is 0 Å². The number of halogens is 3. The molecule has 1 aliphatic rings. The smallest absolute Gasteiger partial charge is 0.384 e. The first kappa shape index (κ1) is 10.3. The summed E-state index contributed by atoms with van der Waals surface area (Å²) in [7, 11) is 0. The average molecular weight is 215 g/mol. The summed E-state index contributed by atoms with van der Waals surface area (Å²) in [5.74, 6) is -0.429. The highest BCUT2D eigenvalue weighted by atomic mass is 19.4. The second-order valence-electron chi connectivity index (χ2n) is 3.93. The number of fused-ring (bicyclic) bond motifs is 1. The van der Waals surface area contributed by atoms with Crippen molar-refractivity contribution in [3.63, 3.8) is 0 Å². The zero-order valence-electron chi connectivity index (χ0n) is 8.36. The number of hydrogen-bond acceptors (Lipinski definition) is 1. The van der Waals surface area contributed by atoms with Crippen LogP contribution in [-0.2, 0) is 0 Å². The second kappa shape index (κ2) is 3.43. The summed E-state index contributed by atoms with van der Waals surface area (Å²) in [6.07, 6.45) is -4.83. The molecule has 1 heterocycles. The zero-order chi connectivity index (χ0) is 11.1. The summed E-state index contributed by atoms with van der Waals surface area (Å²) in [4.78, 5) is 0. The van der Waals surface area contributed by atoms with Crippen molar-refractivity contribution in [2.45, 2.75) is 25.4 Å². The van der Waals surface area contributed by atoms with Gasteiger partial charge in [0.2, 0.25) is 0 Å². The van der Waals surface area contributed by atoms with Gasteiger partial charge < -0.3 is 5.32 Å². The van der Waals surface area contributed by atoms with Crippen molar-refractivity contribution in [3.05, 3.63) is 29.3 Å². The van der Waals surface area contributed by atoms with Gasteiger partial charge in [0.15, 0.2) is 0 Å². The van der Waals surface area contributed by atoms with Gasteiger partial charge in [0.1, 0.15) is 0 Å². The highest BCUT2D eigenvalue weighted by Gasteiger charge is 2.36. The Labute approximate surface area is 86.3 Å². The first-order valence-corrected chi connectivity index (χ1v) is 4.87. The molecule has 0 amide bonds. The van der Waals surface area contributed by atoms with E-state index in [9.17, 15) is 13.2 Å². The number of nitrogens with one attached hydrogen (secondary N) is 1. The van der Waals surface area contributed by atoms with Gasteiger partial charge >= 0.3 is 6.18 Å². The van der Waals surface area contributed by atoms with E-state index >= 15 is 0 Å². The minimum absolute atomic E-state index is 0.389. The minimum atomic E-state index is -4.09. The van der Waals surface area contributed by atoms with E-state index in [0.29, 0.717) is 6.54 Å². The molecule has 15 heavy (non-hydrogen) atoms. The highest BCUT2D eigenvalue weighted by Crippen LogP contribution is 2.40. The van der Waals surface area contributed by atoms with Crippen molar-refractivity contribution in [2.24, 2.45) is 0 Å². The maximum absolute atomic E-state index is 12.3. The summed E-state index contributed by atoms with van der Waals surface area (Å²) in [5.41, 5.74) is 2.62. The average Bonchev–Trinajstić information content (AvgIpc) is 2.47. The van der Waals surface area contributed by atoms with Crippen molar-refractivity contribution < 1.29 is 13.2 Å². The molecule has 1 atom stereocenters. The first-order valence-electron chi connectivity index (χ1n) is 4.87. The van der Waals surface area contributed by atoms with Crippen LogP contribution in [0.1, 0.15) is 23.5 Å². The van der Waals surface area contributed by atoms with Crippen LogP contribution < -0.4 is 5.32 Å². The van der Waals surface area contributed by atoms with Gasteiger partial charge in [0.05, 0.1) is 6.42 Å². The molecule has 0 bridgehead atoms. The van der Waals surface area contributed by atoms with Crippen LogP contribution >= 0.6 is 0 Å². The van der Waals surface area contributed by atoms with Crippen LogP contribution in [0.5, 0.6) is 0 Å². The quantitative estimate of drug-likeness (QED) is 0.756. The largest absolute Gasteiger partial charge is 0.389 e. The van der Waals surface area contributed by atoms with E-state index in [0.717, 1.165) is 16.8 Å². The molecule has 2 rings (SSSR count). The third-order valence-corrected chi connectivity index (χ3v) is 2.75. The maximum atomic E-state index is 12.3. The second-order valence-corrected chi connectivity index (χ2v) is 3.93. The summed E-state index contributed by atoms with van der Waals surface area (Å²) in [5, 5.41) is 3.01. The van der Waals surface area contributed by atoms with E-state index in [2.05, 4.69) is 5.32 Å². The zero-order valence-corrected chi connectivity index (χ0v) is 8.36. The molecule has 0 radical (unpaired) electrons. The number of alkyl halides is 3. The molecule has 1 aliphatic heterocycles. The van der Waals surface area contributed by atoms with Crippen LogP contribution in [0.15, 0.2) is 18.2 Å². The van der Waals surface area contributed by atoms with Crippen molar-refractivity contribution in [1.29, 1.82) is 0 Å². The molecule has 1 aromatic carbocycles. The molecule has 0 fully saturated rings. The van der Waals surface area contributed by atoms with Gasteiger partial charge in [-0.05, 0) is 24.1 Å². The van der Waals surface area contributed by atoms with Gasteiger partial charge in [-0.1, -0.05) is 12.1 Å². The normalized spacial score (nSPS) is 19.9. The molecule has 1 N–H and O–H groups in total. The predicted molar refractivity (Wildman–Crippen MR) is 53.1 cm³/mol. The summed E-state index contributed by atoms with van der Waals surface area (Å²) in [6, 6.07) is 5.55. The lowest BCUT2D eigenvalue weighted by Gasteiger charge is -2.14. The fourth-order valence-corrected chi connectivity index (χ4v) is 2.17. The Morgan fingerprint density at radius 1 is 1.40 bits per heavy atom. The lowest BCUT2D eigenvalue weighted by Crippen LogP contribution is -2.15. The molecule has 0 saturated carbocycles. The van der Waals surface area contributed by atoms with Crippen LogP contribution in [-0.4, -0.2) is 12.7 Å². The Balaban J connectivity index is 2.28. The first-order chi connectivity index (χ1) is 6.97. The van der Waals surface area contributed by atoms with E-state index in [1.165, 1.54) is 0 Å². The SMILES string of the molecule is Cc1cccc2c1C(CC(F)(F)F)CN2. The topological polar surface area (TPSA) is 12.0 Å². The molecule has 82 valence electrons. The third-order valence-electron chi connectivity index (χ3n) is 2.75. The van der Waals surface area contributed by atoms with Gasteiger partial charge in [-0.15, -0.1) is 0 Å². The Kier molecular flexibility index (Phi) is 2.37. The molecule has 1 unspecified atom stereocenters. The van der Waals surface area contributed by atoms with Crippen LogP contribution in [0.4, 0.5) is 18.9 Å². The fourth-order valence-electron chi connectivity index (χ4n) is 2.17. The standard InChI is InChI=1S/C11H12F3N/c1-7-3-2-4-9-10(7)8(6-15-9)5-11(12,13)14/h2-4,8,15H,5-6H2,1H3. The number of hydrogen-bond donors (Lipinski definition) is 1. The lowest BCUT2D eigenvalue weighted by molar-refractivity contribution is -0.137. The fraction of sp³-hybridized carbons (Fsp3) is 0.455. The van der Waals surface area contributed by atoms with Crippen LogP contribution in [0, 0.1) is 6.92 Å². The lowest BCUT2D eigenvalue weighted by atomic mass is 9.94. The van der Waals surface area contributed by atoms with Crippen LogP contribution in [0.2, 0.25) is 0 Å². The summed E-state index contributed by atoms with van der Waals surface area (Å²) < 4.78 is 36.9. The Hall–Kier alpha value is -1.19. The van der Waals surface area contributed by atoms with Gasteiger partial charge in [-0.3, -0.25) is 0 Å². The molecule has 0 aromatic heterocycles.